The predicted octanol–water partition coefficient (Wildman–Crippen LogP) is 7.61. The Morgan fingerprint density at radius 1 is 0.909 bits per heavy atom. The molecule has 33 heavy (non-hydrogen) atoms. The lowest BCUT2D eigenvalue weighted by atomic mass is 9.32. The van der Waals surface area contributed by atoms with Crippen LogP contribution in [0.4, 0.5) is 0 Å². The Morgan fingerprint density at radius 2 is 1.61 bits per heavy atom. The van der Waals surface area contributed by atoms with Crippen LogP contribution in [0.5, 0.6) is 0 Å². The molecule has 4 aliphatic rings. The Balaban J connectivity index is 1.67. The number of carbonyl (C=O) groups excluding carboxylic acids is 2. The highest BCUT2D eigenvalue weighted by atomic mass is 16.5. The molecule has 0 radical (unpaired) electrons. The smallest absolute Gasteiger partial charge is 0.302 e. The standard InChI is InChI=1S/C30H50O3/c1-9-14-30(19-31)18-17-28(7)22(20(30)2)10-11-24-27(6)15-13-25(33-21(3)32)26(4,5)23(27)12-16-29(24,28)8/h19-20,22-25H,9-18H2,1-8H3/t20?,22?,23?,24?,25-,27-,28+,29+,30?/m0/s1. The number of esters is 1. The first-order chi connectivity index (χ1) is 15.3. The number of fused-ring (bicyclic) bond motifs is 5. The van der Waals surface area contributed by atoms with Crippen molar-refractivity contribution in [1.29, 1.82) is 0 Å². The Bertz CT molecular complexity index is 787. The fourth-order valence-corrected chi connectivity index (χ4v) is 10.8. The summed E-state index contributed by atoms with van der Waals surface area (Å²) in [7, 11) is 0. The minimum absolute atomic E-state index is 0.0193. The van der Waals surface area contributed by atoms with E-state index in [1.165, 1.54) is 44.8 Å². The van der Waals surface area contributed by atoms with Crippen LogP contribution in [0.1, 0.15) is 120 Å². The second-order valence-electron chi connectivity index (χ2n) is 14.0. The van der Waals surface area contributed by atoms with Crippen LogP contribution in [0, 0.1) is 50.7 Å². The molecule has 4 aliphatic carbocycles. The summed E-state index contributed by atoms with van der Waals surface area (Å²) in [5.74, 6) is 2.30. The predicted molar refractivity (Wildman–Crippen MR) is 134 cm³/mol. The van der Waals surface area contributed by atoms with Gasteiger partial charge in [-0.3, -0.25) is 4.79 Å². The molecule has 5 unspecified atom stereocenters. The quantitative estimate of drug-likeness (QED) is 0.321. The van der Waals surface area contributed by atoms with E-state index >= 15 is 0 Å². The molecular formula is C30H50O3. The van der Waals surface area contributed by atoms with E-state index in [4.69, 9.17) is 4.74 Å². The fraction of sp³-hybridized carbons (Fsp3) is 0.933. The van der Waals surface area contributed by atoms with E-state index in [9.17, 15) is 9.59 Å². The second kappa shape index (κ2) is 8.09. The van der Waals surface area contributed by atoms with Crippen molar-refractivity contribution < 1.29 is 14.3 Å². The SMILES string of the molecule is CCCC1(C=O)CC[C@]2(C)C(CCC3[C@@]4(C)CC[C@H](OC(C)=O)C(C)(C)C4CC[C@]32C)C1C. The summed E-state index contributed by atoms with van der Waals surface area (Å²) in [4.78, 5) is 24.2. The van der Waals surface area contributed by atoms with Crippen molar-refractivity contribution in [3.05, 3.63) is 0 Å². The number of aldehydes is 1. The van der Waals surface area contributed by atoms with Crippen molar-refractivity contribution in [3.8, 4) is 0 Å². The van der Waals surface area contributed by atoms with Gasteiger partial charge in [-0.1, -0.05) is 54.9 Å². The van der Waals surface area contributed by atoms with Crippen molar-refractivity contribution in [2.24, 2.45) is 50.7 Å². The molecule has 0 spiro atoms. The molecule has 4 fully saturated rings. The monoisotopic (exact) mass is 458 g/mol. The average Bonchev–Trinajstić information content (AvgIpc) is 2.73. The van der Waals surface area contributed by atoms with Crippen molar-refractivity contribution >= 4 is 12.3 Å². The third-order valence-corrected chi connectivity index (χ3v) is 12.8. The van der Waals surface area contributed by atoms with Crippen molar-refractivity contribution in [2.75, 3.05) is 0 Å². The second-order valence-corrected chi connectivity index (χ2v) is 14.0. The topological polar surface area (TPSA) is 43.4 Å². The molecule has 0 bridgehead atoms. The third-order valence-electron chi connectivity index (χ3n) is 12.8. The molecule has 0 aromatic heterocycles. The number of ether oxygens (including phenoxy) is 1. The first-order valence-electron chi connectivity index (χ1n) is 14.0. The Kier molecular flexibility index (Phi) is 6.19. The third kappa shape index (κ3) is 3.33. The molecule has 4 rings (SSSR count). The highest BCUT2D eigenvalue weighted by molar-refractivity contribution is 5.66. The van der Waals surface area contributed by atoms with Gasteiger partial charge in [0.2, 0.25) is 0 Å². The van der Waals surface area contributed by atoms with Gasteiger partial charge in [-0.2, -0.15) is 0 Å². The maximum absolute atomic E-state index is 12.4. The summed E-state index contributed by atoms with van der Waals surface area (Å²) < 4.78 is 5.87. The van der Waals surface area contributed by atoms with Gasteiger partial charge in [-0.25, -0.2) is 0 Å². The van der Waals surface area contributed by atoms with E-state index in [0.717, 1.165) is 25.7 Å². The van der Waals surface area contributed by atoms with Gasteiger partial charge in [-0.15, -0.1) is 0 Å². The van der Waals surface area contributed by atoms with Crippen LogP contribution in [0.3, 0.4) is 0 Å². The summed E-state index contributed by atoms with van der Waals surface area (Å²) in [6.07, 6.45) is 13.1. The molecule has 0 aromatic rings. The van der Waals surface area contributed by atoms with Crippen LogP contribution in [-0.4, -0.2) is 18.4 Å². The van der Waals surface area contributed by atoms with Crippen LogP contribution < -0.4 is 0 Å². The van der Waals surface area contributed by atoms with Gasteiger partial charge < -0.3 is 9.53 Å². The Labute approximate surface area is 203 Å². The van der Waals surface area contributed by atoms with Gasteiger partial charge in [0.15, 0.2) is 0 Å². The van der Waals surface area contributed by atoms with E-state index < -0.39 is 0 Å². The summed E-state index contributed by atoms with van der Waals surface area (Å²) >= 11 is 0. The molecule has 0 N–H and O–H groups in total. The van der Waals surface area contributed by atoms with Crippen LogP contribution in [-0.2, 0) is 14.3 Å². The molecule has 0 saturated heterocycles. The summed E-state index contributed by atoms with van der Waals surface area (Å²) in [5, 5.41) is 0. The van der Waals surface area contributed by atoms with Gasteiger partial charge >= 0.3 is 5.97 Å². The van der Waals surface area contributed by atoms with Crippen molar-refractivity contribution in [3.63, 3.8) is 0 Å². The Morgan fingerprint density at radius 3 is 2.21 bits per heavy atom. The number of carbonyl (C=O) groups is 2. The van der Waals surface area contributed by atoms with Gasteiger partial charge in [0.25, 0.3) is 0 Å². The molecule has 188 valence electrons. The van der Waals surface area contributed by atoms with Crippen LogP contribution in [0.15, 0.2) is 0 Å². The zero-order valence-corrected chi connectivity index (χ0v) is 22.8. The number of hydrogen-bond donors (Lipinski definition) is 0. The molecule has 0 aliphatic heterocycles. The lowest BCUT2D eigenvalue weighted by Crippen LogP contribution is -2.66. The summed E-state index contributed by atoms with van der Waals surface area (Å²) in [6.45, 7) is 18.8. The first-order valence-corrected chi connectivity index (χ1v) is 14.0. The van der Waals surface area contributed by atoms with Crippen LogP contribution in [0.25, 0.3) is 0 Å². The van der Waals surface area contributed by atoms with Crippen LogP contribution in [0.2, 0.25) is 0 Å². The summed E-state index contributed by atoms with van der Waals surface area (Å²) in [5.41, 5.74) is 0.840. The average molecular weight is 459 g/mol. The molecule has 3 heteroatoms. The van der Waals surface area contributed by atoms with E-state index in [1.54, 1.807) is 6.92 Å². The van der Waals surface area contributed by atoms with Gasteiger partial charge in [-0.05, 0) is 97.7 Å². The zero-order chi connectivity index (χ0) is 24.4. The zero-order valence-electron chi connectivity index (χ0n) is 22.8. The molecule has 0 amide bonds. The minimum Gasteiger partial charge on any atom is -0.462 e. The number of hydrogen-bond acceptors (Lipinski definition) is 3. The van der Waals surface area contributed by atoms with Crippen LogP contribution >= 0.6 is 0 Å². The van der Waals surface area contributed by atoms with E-state index in [-0.39, 0.29) is 22.9 Å². The van der Waals surface area contributed by atoms with E-state index in [2.05, 4.69) is 48.5 Å². The van der Waals surface area contributed by atoms with Gasteiger partial charge in [0, 0.05) is 17.8 Å². The lowest BCUT2D eigenvalue weighted by molar-refractivity contribution is -0.247. The maximum atomic E-state index is 12.4. The highest BCUT2D eigenvalue weighted by Gasteiger charge is 2.69. The molecule has 0 heterocycles. The lowest BCUT2D eigenvalue weighted by Gasteiger charge is -2.72. The first kappa shape index (κ1) is 25.2. The number of rotatable bonds is 4. The molecule has 0 aromatic carbocycles. The normalized spacial score (nSPS) is 51.0. The maximum Gasteiger partial charge on any atom is 0.302 e. The molecule has 3 nitrogen and oxygen atoms in total. The minimum atomic E-state index is -0.132. The van der Waals surface area contributed by atoms with E-state index in [1.807, 2.05) is 0 Å². The van der Waals surface area contributed by atoms with E-state index in [0.29, 0.717) is 39.9 Å². The highest BCUT2D eigenvalue weighted by Crippen LogP contribution is 2.75. The molecule has 9 atom stereocenters. The van der Waals surface area contributed by atoms with Crippen molar-refractivity contribution in [2.45, 2.75) is 126 Å². The summed E-state index contributed by atoms with van der Waals surface area (Å²) in [6, 6.07) is 0. The fourth-order valence-electron chi connectivity index (χ4n) is 10.8. The largest absolute Gasteiger partial charge is 0.462 e. The molecule has 4 saturated carbocycles. The van der Waals surface area contributed by atoms with Gasteiger partial charge in [0.1, 0.15) is 12.4 Å². The van der Waals surface area contributed by atoms with Gasteiger partial charge in [0.05, 0.1) is 0 Å². The van der Waals surface area contributed by atoms with Crippen molar-refractivity contribution in [1.82, 2.24) is 0 Å². The molecular weight excluding hydrogens is 408 g/mol. The Hall–Kier alpha value is -0.860.